The van der Waals surface area contributed by atoms with Crippen molar-refractivity contribution < 1.29 is 19.1 Å². The molecule has 0 radical (unpaired) electrons. The third kappa shape index (κ3) is 4.85. The summed E-state index contributed by atoms with van der Waals surface area (Å²) >= 11 is 0. The van der Waals surface area contributed by atoms with Crippen molar-refractivity contribution >= 4 is 11.9 Å². The van der Waals surface area contributed by atoms with E-state index < -0.39 is 12.0 Å². The first-order valence-corrected chi connectivity index (χ1v) is 7.16. The van der Waals surface area contributed by atoms with Gasteiger partial charge in [0.05, 0.1) is 13.7 Å². The molecule has 0 bridgehead atoms. The molecule has 0 aliphatic carbocycles. The summed E-state index contributed by atoms with van der Waals surface area (Å²) in [7, 11) is 1.21. The number of methoxy groups -OCH3 is 1. The SMILES string of the molecule is CCOC(=O)C(C)N1C=C(C)C=C/C1=C\C=C(/C#N)C(=O)OC. The van der Waals surface area contributed by atoms with Crippen molar-refractivity contribution in [2.75, 3.05) is 13.7 Å². The minimum atomic E-state index is -0.708. The number of hydrogen-bond donors (Lipinski definition) is 0. The molecule has 1 rings (SSSR count). The molecule has 0 aromatic heterocycles. The summed E-state index contributed by atoms with van der Waals surface area (Å²) < 4.78 is 9.57. The van der Waals surface area contributed by atoms with Crippen LogP contribution in [0.2, 0.25) is 0 Å². The number of nitrogens with zero attached hydrogens (tertiary/aromatic N) is 2. The lowest BCUT2D eigenvalue weighted by Gasteiger charge is -2.29. The van der Waals surface area contributed by atoms with Gasteiger partial charge in [-0.25, -0.2) is 9.59 Å². The van der Waals surface area contributed by atoms with Crippen molar-refractivity contribution in [3.8, 4) is 6.07 Å². The molecule has 0 saturated carbocycles. The number of esters is 2. The van der Waals surface area contributed by atoms with E-state index in [9.17, 15) is 9.59 Å². The Bertz CT molecular complexity index is 635. The van der Waals surface area contributed by atoms with Crippen LogP contribution in [0.4, 0.5) is 0 Å². The minimum Gasteiger partial charge on any atom is -0.465 e. The van der Waals surface area contributed by atoms with Gasteiger partial charge in [0, 0.05) is 11.9 Å². The fourth-order valence-corrected chi connectivity index (χ4v) is 1.92. The number of nitriles is 1. The Hall–Kier alpha value is -2.81. The molecular weight excluding hydrogens is 296 g/mol. The van der Waals surface area contributed by atoms with E-state index in [4.69, 9.17) is 10.00 Å². The van der Waals surface area contributed by atoms with E-state index in [1.54, 1.807) is 37.0 Å². The van der Waals surface area contributed by atoms with Gasteiger partial charge in [-0.1, -0.05) is 6.08 Å². The predicted octanol–water partition coefficient (Wildman–Crippen LogP) is 2.22. The lowest BCUT2D eigenvalue weighted by molar-refractivity contribution is -0.147. The zero-order chi connectivity index (χ0) is 17.4. The first kappa shape index (κ1) is 18.2. The molecular formula is C17H20N2O4. The van der Waals surface area contributed by atoms with E-state index in [0.717, 1.165) is 5.57 Å². The third-order valence-electron chi connectivity index (χ3n) is 3.15. The quantitative estimate of drug-likeness (QED) is 0.439. The number of ether oxygens (including phenoxy) is 2. The number of allylic oxidation sites excluding steroid dienone is 5. The van der Waals surface area contributed by atoms with Gasteiger partial charge in [-0.05, 0) is 44.6 Å². The van der Waals surface area contributed by atoms with E-state index in [0.29, 0.717) is 12.3 Å². The molecule has 0 saturated heterocycles. The monoisotopic (exact) mass is 316 g/mol. The second kappa shape index (κ2) is 8.59. The van der Waals surface area contributed by atoms with Crippen LogP contribution in [0.5, 0.6) is 0 Å². The summed E-state index contributed by atoms with van der Waals surface area (Å²) in [6.07, 6.45) is 8.44. The van der Waals surface area contributed by atoms with Crippen LogP contribution < -0.4 is 0 Å². The van der Waals surface area contributed by atoms with Gasteiger partial charge in [-0.15, -0.1) is 0 Å². The number of rotatable bonds is 5. The average Bonchev–Trinajstić information content (AvgIpc) is 2.55. The van der Waals surface area contributed by atoms with Crippen molar-refractivity contribution in [1.29, 1.82) is 5.26 Å². The van der Waals surface area contributed by atoms with Crippen LogP contribution in [0.1, 0.15) is 20.8 Å². The fourth-order valence-electron chi connectivity index (χ4n) is 1.92. The van der Waals surface area contributed by atoms with Crippen LogP contribution in [0.3, 0.4) is 0 Å². The van der Waals surface area contributed by atoms with Gasteiger partial charge in [-0.2, -0.15) is 5.26 Å². The first-order chi connectivity index (χ1) is 10.9. The lowest BCUT2D eigenvalue weighted by Crippen LogP contribution is -2.36. The summed E-state index contributed by atoms with van der Waals surface area (Å²) in [5, 5.41) is 8.97. The van der Waals surface area contributed by atoms with Crippen LogP contribution in [0.15, 0.2) is 47.3 Å². The topological polar surface area (TPSA) is 79.6 Å². The Kier molecular flexibility index (Phi) is 6.81. The van der Waals surface area contributed by atoms with Gasteiger partial charge in [0.15, 0.2) is 0 Å². The van der Waals surface area contributed by atoms with Gasteiger partial charge in [-0.3, -0.25) is 0 Å². The Morgan fingerprint density at radius 2 is 2.13 bits per heavy atom. The Labute approximate surface area is 136 Å². The second-order valence-electron chi connectivity index (χ2n) is 4.82. The number of hydrogen-bond acceptors (Lipinski definition) is 6. The van der Waals surface area contributed by atoms with Crippen LogP contribution in [-0.4, -0.2) is 36.6 Å². The molecule has 0 fully saturated rings. The molecule has 6 nitrogen and oxygen atoms in total. The van der Waals surface area contributed by atoms with Crippen molar-refractivity contribution in [2.45, 2.75) is 26.8 Å². The van der Waals surface area contributed by atoms with Crippen LogP contribution >= 0.6 is 0 Å². The molecule has 1 unspecified atom stereocenters. The molecule has 1 heterocycles. The van der Waals surface area contributed by atoms with Crippen molar-refractivity contribution in [3.63, 3.8) is 0 Å². The molecule has 122 valence electrons. The number of carbonyl (C=O) groups is 2. The van der Waals surface area contributed by atoms with Gasteiger partial charge >= 0.3 is 11.9 Å². The largest absolute Gasteiger partial charge is 0.465 e. The van der Waals surface area contributed by atoms with Crippen molar-refractivity contribution in [2.24, 2.45) is 0 Å². The number of carbonyl (C=O) groups excluding carboxylic acids is 2. The van der Waals surface area contributed by atoms with E-state index in [-0.39, 0.29) is 11.5 Å². The molecule has 0 spiro atoms. The molecule has 23 heavy (non-hydrogen) atoms. The second-order valence-corrected chi connectivity index (χ2v) is 4.82. The highest BCUT2D eigenvalue weighted by Crippen LogP contribution is 2.21. The van der Waals surface area contributed by atoms with Crippen molar-refractivity contribution in [1.82, 2.24) is 4.90 Å². The van der Waals surface area contributed by atoms with E-state index >= 15 is 0 Å². The zero-order valence-electron chi connectivity index (χ0n) is 13.7. The highest BCUT2D eigenvalue weighted by molar-refractivity contribution is 5.93. The predicted molar refractivity (Wildman–Crippen MR) is 84.6 cm³/mol. The summed E-state index contributed by atoms with van der Waals surface area (Å²) in [5.41, 5.74) is 1.51. The summed E-state index contributed by atoms with van der Waals surface area (Å²) in [5.74, 6) is -1.06. The van der Waals surface area contributed by atoms with E-state index in [2.05, 4.69) is 4.74 Å². The molecule has 1 atom stereocenters. The molecule has 0 aromatic carbocycles. The Morgan fingerprint density at radius 3 is 2.70 bits per heavy atom. The first-order valence-electron chi connectivity index (χ1n) is 7.16. The average molecular weight is 316 g/mol. The highest BCUT2D eigenvalue weighted by Gasteiger charge is 2.23. The fraction of sp³-hybridized carbons (Fsp3) is 0.353. The van der Waals surface area contributed by atoms with Gasteiger partial charge in [0.2, 0.25) is 0 Å². The van der Waals surface area contributed by atoms with Crippen molar-refractivity contribution in [3.05, 3.63) is 47.3 Å². The summed E-state index contributed by atoms with van der Waals surface area (Å²) in [6.45, 7) is 5.68. The molecule has 1 aliphatic rings. The van der Waals surface area contributed by atoms with Gasteiger partial charge in [0.25, 0.3) is 0 Å². The van der Waals surface area contributed by atoms with Crippen LogP contribution in [-0.2, 0) is 19.1 Å². The minimum absolute atomic E-state index is 0.122. The van der Waals surface area contributed by atoms with Gasteiger partial charge in [0.1, 0.15) is 17.7 Å². The maximum absolute atomic E-state index is 12.0. The zero-order valence-corrected chi connectivity index (χ0v) is 13.7. The molecule has 0 N–H and O–H groups in total. The lowest BCUT2D eigenvalue weighted by atomic mass is 10.1. The standard InChI is InChI=1S/C17H20N2O4/c1-5-23-16(20)13(3)19-11-12(2)6-8-15(19)9-7-14(10-18)17(21)22-4/h6-9,11,13H,5H2,1-4H3/b14-7+,15-9+. The van der Waals surface area contributed by atoms with Crippen LogP contribution in [0, 0.1) is 11.3 Å². The molecule has 6 heteroatoms. The highest BCUT2D eigenvalue weighted by atomic mass is 16.5. The summed E-state index contributed by atoms with van der Waals surface area (Å²) in [4.78, 5) is 25.1. The van der Waals surface area contributed by atoms with Crippen LogP contribution in [0.25, 0.3) is 0 Å². The maximum Gasteiger partial charge on any atom is 0.348 e. The molecule has 1 aliphatic heterocycles. The van der Waals surface area contributed by atoms with E-state index in [1.165, 1.54) is 13.2 Å². The summed E-state index contributed by atoms with van der Waals surface area (Å²) in [6, 6.07) is 1.25. The Morgan fingerprint density at radius 1 is 1.43 bits per heavy atom. The molecule has 0 aromatic rings. The maximum atomic E-state index is 12.0. The van der Waals surface area contributed by atoms with E-state index in [1.807, 2.05) is 19.2 Å². The van der Waals surface area contributed by atoms with Gasteiger partial charge < -0.3 is 14.4 Å². The molecule has 0 amide bonds. The smallest absolute Gasteiger partial charge is 0.348 e. The Balaban J connectivity index is 3.12. The third-order valence-corrected chi connectivity index (χ3v) is 3.15. The normalized spacial score (nSPS) is 17.3.